The zero-order valence-corrected chi connectivity index (χ0v) is 10.8. The van der Waals surface area contributed by atoms with Crippen molar-refractivity contribution in [1.29, 1.82) is 0 Å². The molecule has 0 spiro atoms. The summed E-state index contributed by atoms with van der Waals surface area (Å²) >= 11 is 0. The van der Waals surface area contributed by atoms with E-state index in [2.05, 4.69) is 12.2 Å². The fourth-order valence-corrected chi connectivity index (χ4v) is 3.33. The van der Waals surface area contributed by atoms with Crippen LogP contribution >= 0.6 is 0 Å². The molecule has 1 N–H and O–H groups in total. The van der Waals surface area contributed by atoms with Crippen LogP contribution < -0.4 is 5.32 Å². The highest BCUT2D eigenvalue weighted by Gasteiger charge is 2.32. The maximum absolute atomic E-state index is 5.46. The van der Waals surface area contributed by atoms with E-state index in [9.17, 15) is 0 Å². The minimum atomic E-state index is 0.457. The van der Waals surface area contributed by atoms with Crippen molar-refractivity contribution in [2.24, 2.45) is 5.92 Å². The highest BCUT2D eigenvalue weighted by molar-refractivity contribution is 4.90. The molecule has 2 aliphatic rings. The van der Waals surface area contributed by atoms with E-state index in [0.717, 1.165) is 19.1 Å². The van der Waals surface area contributed by atoms with Gasteiger partial charge in [-0.25, -0.2) is 0 Å². The van der Waals surface area contributed by atoms with E-state index in [4.69, 9.17) is 4.74 Å². The Morgan fingerprint density at radius 1 is 1.19 bits per heavy atom. The molecule has 0 aromatic rings. The van der Waals surface area contributed by atoms with Crippen LogP contribution in [0.25, 0.3) is 0 Å². The lowest BCUT2D eigenvalue weighted by Crippen LogP contribution is -2.46. The van der Waals surface area contributed by atoms with E-state index in [1.165, 1.54) is 57.9 Å². The summed E-state index contributed by atoms with van der Waals surface area (Å²) in [6, 6.07) is 0. The summed E-state index contributed by atoms with van der Waals surface area (Å²) in [5.74, 6) is 0.902. The molecule has 2 heteroatoms. The zero-order valence-electron chi connectivity index (χ0n) is 10.8. The lowest BCUT2D eigenvalue weighted by atomic mass is 9.79. The molecule has 1 unspecified atom stereocenters. The molecule has 0 aromatic heterocycles. The van der Waals surface area contributed by atoms with Crippen LogP contribution in [0.4, 0.5) is 0 Å². The topological polar surface area (TPSA) is 21.3 Å². The number of rotatable bonds is 3. The highest BCUT2D eigenvalue weighted by Crippen LogP contribution is 2.32. The summed E-state index contributed by atoms with van der Waals surface area (Å²) in [5, 5.41) is 3.85. The van der Waals surface area contributed by atoms with Gasteiger partial charge in [0.05, 0.1) is 0 Å². The fourth-order valence-electron chi connectivity index (χ4n) is 3.33. The number of hydrogen-bond donors (Lipinski definition) is 1. The molecule has 0 saturated carbocycles. The molecule has 0 radical (unpaired) electrons. The van der Waals surface area contributed by atoms with Gasteiger partial charge in [0.15, 0.2) is 0 Å². The Morgan fingerprint density at radius 2 is 2.00 bits per heavy atom. The van der Waals surface area contributed by atoms with Crippen LogP contribution in [-0.2, 0) is 4.74 Å². The molecule has 2 heterocycles. The summed E-state index contributed by atoms with van der Waals surface area (Å²) in [4.78, 5) is 0. The van der Waals surface area contributed by atoms with Crippen LogP contribution in [0.2, 0.25) is 0 Å². The first-order valence-corrected chi connectivity index (χ1v) is 7.17. The largest absolute Gasteiger partial charge is 0.381 e. The van der Waals surface area contributed by atoms with Gasteiger partial charge in [-0.3, -0.25) is 0 Å². The van der Waals surface area contributed by atoms with Crippen molar-refractivity contribution in [1.82, 2.24) is 5.32 Å². The van der Waals surface area contributed by atoms with Crippen LogP contribution in [-0.4, -0.2) is 25.3 Å². The monoisotopic (exact) mass is 225 g/mol. The Labute approximate surface area is 100 Å². The normalized spacial score (nSPS) is 33.6. The molecule has 2 rings (SSSR count). The minimum absolute atomic E-state index is 0.457. The van der Waals surface area contributed by atoms with E-state index in [0.29, 0.717) is 5.54 Å². The van der Waals surface area contributed by atoms with E-state index >= 15 is 0 Å². The second-order valence-corrected chi connectivity index (χ2v) is 5.63. The number of hydrogen-bond acceptors (Lipinski definition) is 2. The maximum atomic E-state index is 5.46. The first-order chi connectivity index (χ1) is 7.85. The molecule has 0 amide bonds. The summed E-state index contributed by atoms with van der Waals surface area (Å²) in [7, 11) is 0. The predicted molar refractivity (Wildman–Crippen MR) is 67.7 cm³/mol. The molecule has 0 aliphatic carbocycles. The third-order valence-corrected chi connectivity index (χ3v) is 4.53. The molecular weight excluding hydrogens is 198 g/mol. The van der Waals surface area contributed by atoms with Crippen molar-refractivity contribution in [3.8, 4) is 0 Å². The summed E-state index contributed by atoms with van der Waals surface area (Å²) in [6.07, 6.45) is 10.8. The molecule has 94 valence electrons. The third-order valence-electron chi connectivity index (χ3n) is 4.53. The average molecular weight is 225 g/mol. The van der Waals surface area contributed by atoms with Crippen LogP contribution in [0.1, 0.15) is 58.3 Å². The average Bonchev–Trinajstić information content (AvgIpc) is 2.57. The van der Waals surface area contributed by atoms with Crippen LogP contribution in [0, 0.1) is 5.92 Å². The van der Waals surface area contributed by atoms with Crippen molar-refractivity contribution >= 4 is 0 Å². The van der Waals surface area contributed by atoms with Crippen molar-refractivity contribution in [2.75, 3.05) is 19.8 Å². The van der Waals surface area contributed by atoms with Gasteiger partial charge in [0, 0.05) is 18.8 Å². The Bertz CT molecular complexity index is 191. The predicted octanol–water partition coefficient (Wildman–Crippen LogP) is 3.12. The lowest BCUT2D eigenvalue weighted by Gasteiger charge is -2.37. The second-order valence-electron chi connectivity index (χ2n) is 5.63. The first-order valence-electron chi connectivity index (χ1n) is 7.17. The smallest absolute Gasteiger partial charge is 0.0468 e. The standard InChI is InChI=1S/C14H27NO/c1-2-14(8-4-3-5-9-15-14)12-13-6-10-16-11-7-13/h13,15H,2-12H2,1H3. The van der Waals surface area contributed by atoms with E-state index in [1.54, 1.807) is 0 Å². The van der Waals surface area contributed by atoms with E-state index < -0.39 is 0 Å². The number of nitrogens with one attached hydrogen (secondary N) is 1. The second kappa shape index (κ2) is 6.02. The summed E-state index contributed by atoms with van der Waals surface area (Å²) < 4.78 is 5.46. The molecule has 1 atom stereocenters. The third kappa shape index (κ3) is 3.21. The molecule has 2 fully saturated rings. The Balaban J connectivity index is 1.90. The zero-order chi connectivity index (χ0) is 11.3. The molecule has 2 aliphatic heterocycles. The Morgan fingerprint density at radius 3 is 2.75 bits per heavy atom. The quantitative estimate of drug-likeness (QED) is 0.797. The fraction of sp³-hybridized carbons (Fsp3) is 1.00. The molecule has 0 bridgehead atoms. The highest BCUT2D eigenvalue weighted by atomic mass is 16.5. The van der Waals surface area contributed by atoms with E-state index in [1.807, 2.05) is 0 Å². The molecule has 2 saturated heterocycles. The van der Waals surface area contributed by atoms with Crippen molar-refractivity contribution < 1.29 is 4.74 Å². The van der Waals surface area contributed by atoms with Crippen molar-refractivity contribution in [2.45, 2.75) is 63.8 Å². The van der Waals surface area contributed by atoms with Gasteiger partial charge in [0.2, 0.25) is 0 Å². The van der Waals surface area contributed by atoms with Gasteiger partial charge in [0.1, 0.15) is 0 Å². The summed E-state index contributed by atoms with van der Waals surface area (Å²) in [5.41, 5.74) is 0.457. The maximum Gasteiger partial charge on any atom is 0.0468 e. The van der Waals surface area contributed by atoms with Gasteiger partial charge in [-0.15, -0.1) is 0 Å². The van der Waals surface area contributed by atoms with Gasteiger partial charge in [-0.2, -0.15) is 0 Å². The Hall–Kier alpha value is -0.0800. The van der Waals surface area contributed by atoms with Crippen molar-refractivity contribution in [3.63, 3.8) is 0 Å². The minimum Gasteiger partial charge on any atom is -0.381 e. The van der Waals surface area contributed by atoms with Gasteiger partial charge in [-0.05, 0) is 51.0 Å². The molecule has 0 aromatic carbocycles. The van der Waals surface area contributed by atoms with Gasteiger partial charge >= 0.3 is 0 Å². The summed E-state index contributed by atoms with van der Waals surface area (Å²) in [6.45, 7) is 5.57. The van der Waals surface area contributed by atoms with Gasteiger partial charge in [-0.1, -0.05) is 19.8 Å². The molecular formula is C14H27NO. The molecule has 2 nitrogen and oxygen atoms in total. The van der Waals surface area contributed by atoms with Crippen LogP contribution in [0.5, 0.6) is 0 Å². The number of ether oxygens (including phenoxy) is 1. The SMILES string of the molecule is CCC1(CC2CCOCC2)CCCCCN1. The lowest BCUT2D eigenvalue weighted by molar-refractivity contribution is 0.0516. The van der Waals surface area contributed by atoms with E-state index in [-0.39, 0.29) is 0 Å². The Kier molecular flexibility index (Phi) is 4.66. The van der Waals surface area contributed by atoms with Crippen molar-refractivity contribution in [3.05, 3.63) is 0 Å². The van der Waals surface area contributed by atoms with Gasteiger partial charge < -0.3 is 10.1 Å². The van der Waals surface area contributed by atoms with Crippen LogP contribution in [0.15, 0.2) is 0 Å². The molecule has 16 heavy (non-hydrogen) atoms. The van der Waals surface area contributed by atoms with Gasteiger partial charge in [0.25, 0.3) is 0 Å². The van der Waals surface area contributed by atoms with Crippen LogP contribution in [0.3, 0.4) is 0 Å². The first kappa shape index (κ1) is 12.4.